The predicted molar refractivity (Wildman–Crippen MR) is 68.4 cm³/mol. The van der Waals surface area contributed by atoms with Crippen molar-refractivity contribution in [2.45, 2.75) is 39.3 Å². The second-order valence-electron chi connectivity index (χ2n) is 5.24. The van der Waals surface area contributed by atoms with Gasteiger partial charge in [0.05, 0.1) is 12.6 Å². The van der Waals surface area contributed by atoms with E-state index in [0.717, 1.165) is 0 Å². The van der Waals surface area contributed by atoms with E-state index in [1.54, 1.807) is 28.9 Å². The van der Waals surface area contributed by atoms with E-state index in [9.17, 15) is 4.79 Å². The minimum Gasteiger partial charge on any atom is -0.394 e. The minimum absolute atomic E-state index is 0.0119. The maximum Gasteiger partial charge on any atom is 0.293 e. The first-order valence-electron chi connectivity index (χ1n) is 5.71. The fourth-order valence-corrected chi connectivity index (χ4v) is 1.50. The van der Waals surface area contributed by atoms with Crippen molar-refractivity contribution in [1.82, 2.24) is 9.55 Å². The summed E-state index contributed by atoms with van der Waals surface area (Å²) >= 11 is 0. The first-order valence-corrected chi connectivity index (χ1v) is 5.71. The van der Waals surface area contributed by atoms with Gasteiger partial charge >= 0.3 is 0 Å². The Morgan fingerprint density at radius 3 is 2.59 bits per heavy atom. The Labute approximate surface area is 102 Å². The van der Waals surface area contributed by atoms with Gasteiger partial charge in [0.25, 0.3) is 5.56 Å². The van der Waals surface area contributed by atoms with Gasteiger partial charge in [-0.05, 0) is 27.7 Å². The molecule has 1 heterocycles. The lowest BCUT2D eigenvalue weighted by atomic mass is 10.1. The molecule has 0 aromatic carbocycles. The number of aromatic nitrogens is 2. The fourth-order valence-electron chi connectivity index (χ4n) is 1.50. The SMILES string of the molecule is CC(CO)N(C)c1nccn(C(C)(C)C)c1=O. The molecule has 1 rings (SSSR count). The van der Waals surface area contributed by atoms with Gasteiger partial charge in [-0.25, -0.2) is 4.98 Å². The van der Waals surface area contributed by atoms with Crippen LogP contribution in [0.15, 0.2) is 17.2 Å². The molecular formula is C12H21N3O2. The highest BCUT2D eigenvalue weighted by Crippen LogP contribution is 2.12. The van der Waals surface area contributed by atoms with Crippen LogP contribution in [0.1, 0.15) is 27.7 Å². The highest BCUT2D eigenvalue weighted by Gasteiger charge is 2.20. The van der Waals surface area contributed by atoms with E-state index >= 15 is 0 Å². The van der Waals surface area contributed by atoms with E-state index in [4.69, 9.17) is 5.11 Å². The third-order valence-electron chi connectivity index (χ3n) is 2.80. The molecule has 0 fully saturated rings. The molecule has 1 aromatic heterocycles. The third-order valence-corrected chi connectivity index (χ3v) is 2.80. The molecule has 0 saturated heterocycles. The second-order valence-corrected chi connectivity index (χ2v) is 5.24. The number of likely N-dealkylation sites (N-methyl/N-ethyl adjacent to an activating group) is 1. The lowest BCUT2D eigenvalue weighted by Crippen LogP contribution is -2.41. The van der Waals surface area contributed by atoms with Crippen molar-refractivity contribution in [3.63, 3.8) is 0 Å². The van der Waals surface area contributed by atoms with E-state index in [1.807, 2.05) is 27.7 Å². The summed E-state index contributed by atoms with van der Waals surface area (Å²) < 4.78 is 1.65. The predicted octanol–water partition coefficient (Wildman–Crippen LogP) is 0.815. The molecule has 0 radical (unpaired) electrons. The van der Waals surface area contributed by atoms with Crippen LogP contribution in [-0.2, 0) is 5.54 Å². The summed E-state index contributed by atoms with van der Waals surface area (Å²) in [6.07, 6.45) is 3.30. The Kier molecular flexibility index (Phi) is 3.93. The van der Waals surface area contributed by atoms with Crippen LogP contribution < -0.4 is 10.5 Å². The summed E-state index contributed by atoms with van der Waals surface area (Å²) in [7, 11) is 1.76. The summed E-state index contributed by atoms with van der Waals surface area (Å²) in [6.45, 7) is 7.73. The quantitative estimate of drug-likeness (QED) is 0.848. The highest BCUT2D eigenvalue weighted by atomic mass is 16.3. The van der Waals surface area contributed by atoms with Gasteiger partial charge in [-0.15, -0.1) is 0 Å². The minimum atomic E-state index is -0.280. The molecule has 5 nitrogen and oxygen atoms in total. The summed E-state index contributed by atoms with van der Waals surface area (Å²) in [5.41, 5.74) is -0.416. The van der Waals surface area contributed by atoms with Crippen LogP contribution in [0.3, 0.4) is 0 Å². The highest BCUT2D eigenvalue weighted by molar-refractivity contribution is 5.36. The molecule has 0 bridgehead atoms. The topological polar surface area (TPSA) is 58.4 Å². The lowest BCUT2D eigenvalue weighted by Gasteiger charge is -2.27. The second kappa shape index (κ2) is 4.87. The average molecular weight is 239 g/mol. The molecule has 17 heavy (non-hydrogen) atoms. The van der Waals surface area contributed by atoms with Gasteiger partial charge in [0.15, 0.2) is 5.82 Å². The summed E-state index contributed by atoms with van der Waals surface area (Å²) in [5.74, 6) is 0.365. The van der Waals surface area contributed by atoms with E-state index in [1.165, 1.54) is 0 Å². The number of rotatable bonds is 3. The normalized spacial score (nSPS) is 13.5. The van der Waals surface area contributed by atoms with Gasteiger partial charge < -0.3 is 14.6 Å². The number of anilines is 1. The third kappa shape index (κ3) is 2.85. The Bertz CT molecular complexity index is 434. The fraction of sp³-hybridized carbons (Fsp3) is 0.667. The lowest BCUT2D eigenvalue weighted by molar-refractivity contribution is 0.269. The van der Waals surface area contributed by atoms with Crippen LogP contribution in [0.2, 0.25) is 0 Å². The molecule has 0 aliphatic rings. The molecule has 0 amide bonds. The van der Waals surface area contributed by atoms with Crippen molar-refractivity contribution >= 4 is 5.82 Å². The van der Waals surface area contributed by atoms with Crippen LogP contribution >= 0.6 is 0 Å². The van der Waals surface area contributed by atoms with Crippen LogP contribution in [0.25, 0.3) is 0 Å². The Morgan fingerprint density at radius 1 is 1.53 bits per heavy atom. The van der Waals surface area contributed by atoms with E-state index in [-0.39, 0.29) is 23.7 Å². The largest absolute Gasteiger partial charge is 0.394 e. The number of aliphatic hydroxyl groups excluding tert-OH is 1. The Morgan fingerprint density at radius 2 is 2.12 bits per heavy atom. The van der Waals surface area contributed by atoms with Crippen LogP contribution in [-0.4, -0.2) is 34.4 Å². The van der Waals surface area contributed by atoms with Crippen LogP contribution in [0.4, 0.5) is 5.82 Å². The maximum absolute atomic E-state index is 12.3. The molecule has 1 aromatic rings. The number of aliphatic hydroxyl groups is 1. The molecule has 0 spiro atoms. The van der Waals surface area contributed by atoms with Crippen molar-refractivity contribution in [3.05, 3.63) is 22.7 Å². The summed E-state index contributed by atoms with van der Waals surface area (Å²) in [6, 6.07) is -0.133. The Balaban J connectivity index is 3.25. The van der Waals surface area contributed by atoms with Crippen molar-refractivity contribution in [1.29, 1.82) is 0 Å². The van der Waals surface area contributed by atoms with E-state index in [0.29, 0.717) is 5.82 Å². The summed E-state index contributed by atoms with van der Waals surface area (Å²) in [5, 5.41) is 9.11. The van der Waals surface area contributed by atoms with Gasteiger partial charge in [-0.1, -0.05) is 0 Å². The van der Waals surface area contributed by atoms with Gasteiger partial charge in [-0.3, -0.25) is 4.79 Å². The standard InChI is InChI=1S/C12H21N3O2/c1-9(8-16)14(5)10-11(17)15(7-6-13-10)12(2,3)4/h6-7,9,16H,8H2,1-5H3. The smallest absolute Gasteiger partial charge is 0.293 e. The number of hydrogen-bond acceptors (Lipinski definition) is 4. The monoisotopic (exact) mass is 239 g/mol. The first-order chi connectivity index (χ1) is 7.79. The van der Waals surface area contributed by atoms with Crippen LogP contribution in [0.5, 0.6) is 0 Å². The van der Waals surface area contributed by atoms with E-state index in [2.05, 4.69) is 4.98 Å². The first kappa shape index (κ1) is 13.7. The van der Waals surface area contributed by atoms with Gasteiger partial charge in [0.1, 0.15) is 0 Å². The van der Waals surface area contributed by atoms with Crippen molar-refractivity contribution in [2.24, 2.45) is 0 Å². The zero-order valence-electron chi connectivity index (χ0n) is 11.1. The molecule has 96 valence electrons. The van der Waals surface area contributed by atoms with Crippen LogP contribution in [0, 0.1) is 0 Å². The zero-order valence-corrected chi connectivity index (χ0v) is 11.1. The number of hydrogen-bond donors (Lipinski definition) is 1. The van der Waals surface area contributed by atoms with Crippen molar-refractivity contribution in [2.75, 3.05) is 18.6 Å². The van der Waals surface area contributed by atoms with Gasteiger partial charge in [-0.2, -0.15) is 0 Å². The maximum atomic E-state index is 12.3. The Hall–Kier alpha value is -1.36. The number of nitrogens with zero attached hydrogens (tertiary/aromatic N) is 3. The molecule has 1 unspecified atom stereocenters. The molecule has 1 N–H and O–H groups in total. The molecule has 0 saturated carbocycles. The zero-order chi connectivity index (χ0) is 13.2. The molecule has 0 aliphatic heterocycles. The average Bonchev–Trinajstić information content (AvgIpc) is 2.25. The summed E-state index contributed by atoms with van der Waals surface area (Å²) in [4.78, 5) is 18.1. The van der Waals surface area contributed by atoms with E-state index < -0.39 is 0 Å². The molecule has 1 atom stereocenters. The van der Waals surface area contributed by atoms with Crippen molar-refractivity contribution in [3.8, 4) is 0 Å². The molecular weight excluding hydrogens is 218 g/mol. The molecule has 5 heteroatoms. The van der Waals surface area contributed by atoms with Gasteiger partial charge in [0, 0.05) is 25.0 Å². The van der Waals surface area contributed by atoms with Gasteiger partial charge in [0.2, 0.25) is 0 Å². The molecule has 0 aliphatic carbocycles. The van der Waals surface area contributed by atoms with Crippen molar-refractivity contribution < 1.29 is 5.11 Å².